The third-order valence-electron chi connectivity index (χ3n) is 3.89. The van der Waals surface area contributed by atoms with Crippen molar-refractivity contribution in [2.75, 3.05) is 26.3 Å². The maximum atomic E-state index is 5.98. The van der Waals surface area contributed by atoms with Gasteiger partial charge in [0.15, 0.2) is 0 Å². The standard InChI is InChI=1S/C14H28N2O/c1-4-13-6-5-7-14(13,11-15)16-8-9-17-10-12(2)3/h13,16H,2,4-11,15H2,1,3H3. The van der Waals surface area contributed by atoms with Crippen LogP contribution in [0.5, 0.6) is 0 Å². The van der Waals surface area contributed by atoms with Crippen LogP contribution in [0.1, 0.15) is 39.5 Å². The predicted octanol–water partition coefficient (Wildman–Crippen LogP) is 2.08. The average molecular weight is 240 g/mol. The van der Waals surface area contributed by atoms with Crippen molar-refractivity contribution in [3.05, 3.63) is 12.2 Å². The molecule has 0 saturated heterocycles. The Balaban J connectivity index is 2.29. The van der Waals surface area contributed by atoms with Crippen molar-refractivity contribution in [1.82, 2.24) is 5.32 Å². The Kier molecular flexibility index (Phi) is 6.17. The first kappa shape index (κ1) is 14.7. The van der Waals surface area contributed by atoms with Crippen molar-refractivity contribution in [3.63, 3.8) is 0 Å². The highest BCUT2D eigenvalue weighted by molar-refractivity contribution is 4.99. The minimum absolute atomic E-state index is 0.168. The van der Waals surface area contributed by atoms with E-state index in [0.717, 1.165) is 31.2 Å². The van der Waals surface area contributed by atoms with Crippen LogP contribution < -0.4 is 11.1 Å². The van der Waals surface area contributed by atoms with E-state index in [2.05, 4.69) is 18.8 Å². The quantitative estimate of drug-likeness (QED) is 0.504. The van der Waals surface area contributed by atoms with Gasteiger partial charge >= 0.3 is 0 Å². The van der Waals surface area contributed by atoms with Crippen LogP contribution in [0.4, 0.5) is 0 Å². The molecule has 0 aliphatic heterocycles. The summed E-state index contributed by atoms with van der Waals surface area (Å²) >= 11 is 0. The highest BCUT2D eigenvalue weighted by Crippen LogP contribution is 2.36. The molecular formula is C14H28N2O. The number of hydrogen-bond acceptors (Lipinski definition) is 3. The van der Waals surface area contributed by atoms with E-state index >= 15 is 0 Å². The summed E-state index contributed by atoms with van der Waals surface area (Å²) in [6.07, 6.45) is 5.04. The van der Waals surface area contributed by atoms with Gasteiger partial charge in [-0.1, -0.05) is 31.9 Å². The summed E-state index contributed by atoms with van der Waals surface area (Å²) in [5.41, 5.74) is 7.22. The second-order valence-corrected chi connectivity index (χ2v) is 5.29. The third kappa shape index (κ3) is 4.09. The number of ether oxygens (including phenoxy) is 1. The summed E-state index contributed by atoms with van der Waals surface area (Å²) < 4.78 is 5.51. The molecule has 0 amide bonds. The lowest BCUT2D eigenvalue weighted by Gasteiger charge is -2.35. The highest BCUT2D eigenvalue weighted by Gasteiger charge is 2.39. The summed E-state index contributed by atoms with van der Waals surface area (Å²) in [5.74, 6) is 0.730. The summed E-state index contributed by atoms with van der Waals surface area (Å²) in [7, 11) is 0. The van der Waals surface area contributed by atoms with Gasteiger partial charge in [0.2, 0.25) is 0 Å². The van der Waals surface area contributed by atoms with E-state index < -0.39 is 0 Å². The molecule has 3 heteroatoms. The minimum Gasteiger partial charge on any atom is -0.376 e. The lowest BCUT2D eigenvalue weighted by Crippen LogP contribution is -2.54. The Morgan fingerprint density at radius 3 is 2.94 bits per heavy atom. The zero-order valence-electron chi connectivity index (χ0n) is 11.4. The number of nitrogens with one attached hydrogen (secondary N) is 1. The maximum Gasteiger partial charge on any atom is 0.0672 e. The molecule has 1 aliphatic carbocycles. The van der Waals surface area contributed by atoms with Crippen molar-refractivity contribution < 1.29 is 4.74 Å². The number of nitrogens with two attached hydrogens (primary N) is 1. The minimum atomic E-state index is 0.168. The van der Waals surface area contributed by atoms with Crippen LogP contribution in [0.3, 0.4) is 0 Å². The second-order valence-electron chi connectivity index (χ2n) is 5.29. The van der Waals surface area contributed by atoms with E-state index in [9.17, 15) is 0 Å². The molecule has 0 aromatic heterocycles. The van der Waals surface area contributed by atoms with Crippen LogP contribution in [0, 0.1) is 5.92 Å². The van der Waals surface area contributed by atoms with Crippen LogP contribution >= 0.6 is 0 Å². The molecule has 2 atom stereocenters. The zero-order chi connectivity index (χ0) is 12.7. The van der Waals surface area contributed by atoms with Gasteiger partial charge in [-0.05, 0) is 25.7 Å². The molecular weight excluding hydrogens is 212 g/mol. The fourth-order valence-electron chi connectivity index (χ4n) is 2.93. The smallest absolute Gasteiger partial charge is 0.0672 e. The Hall–Kier alpha value is -0.380. The van der Waals surface area contributed by atoms with Gasteiger partial charge < -0.3 is 15.8 Å². The molecule has 0 spiro atoms. The molecule has 0 heterocycles. The monoisotopic (exact) mass is 240 g/mol. The Morgan fingerprint density at radius 1 is 1.59 bits per heavy atom. The van der Waals surface area contributed by atoms with E-state index in [1.54, 1.807) is 0 Å². The van der Waals surface area contributed by atoms with Gasteiger partial charge in [-0.25, -0.2) is 0 Å². The molecule has 3 N–H and O–H groups in total. The average Bonchev–Trinajstić information content (AvgIpc) is 2.71. The normalized spacial score (nSPS) is 28.5. The van der Waals surface area contributed by atoms with Crippen molar-refractivity contribution in [1.29, 1.82) is 0 Å². The van der Waals surface area contributed by atoms with Gasteiger partial charge in [0, 0.05) is 18.6 Å². The molecule has 1 rings (SSSR count). The first-order valence-corrected chi connectivity index (χ1v) is 6.82. The van der Waals surface area contributed by atoms with Gasteiger partial charge in [-0.2, -0.15) is 0 Å². The molecule has 0 aromatic carbocycles. The van der Waals surface area contributed by atoms with Gasteiger partial charge in [-0.15, -0.1) is 0 Å². The van der Waals surface area contributed by atoms with Gasteiger partial charge in [0.05, 0.1) is 13.2 Å². The summed E-state index contributed by atoms with van der Waals surface area (Å²) in [6.45, 7) is 11.1. The molecule has 0 bridgehead atoms. The molecule has 1 fully saturated rings. The topological polar surface area (TPSA) is 47.3 Å². The Labute approximate surface area is 106 Å². The molecule has 2 unspecified atom stereocenters. The first-order chi connectivity index (χ1) is 8.14. The van der Waals surface area contributed by atoms with Crippen molar-refractivity contribution >= 4 is 0 Å². The van der Waals surface area contributed by atoms with Crippen LogP contribution in [0.25, 0.3) is 0 Å². The van der Waals surface area contributed by atoms with Crippen molar-refractivity contribution in [2.45, 2.75) is 45.1 Å². The van der Waals surface area contributed by atoms with Crippen LogP contribution in [0.15, 0.2) is 12.2 Å². The molecule has 0 aromatic rings. The summed E-state index contributed by atoms with van der Waals surface area (Å²) in [5, 5.41) is 3.64. The van der Waals surface area contributed by atoms with Crippen molar-refractivity contribution in [2.24, 2.45) is 11.7 Å². The largest absolute Gasteiger partial charge is 0.376 e. The summed E-state index contributed by atoms with van der Waals surface area (Å²) in [4.78, 5) is 0. The van der Waals surface area contributed by atoms with Crippen LogP contribution in [0.2, 0.25) is 0 Å². The molecule has 17 heavy (non-hydrogen) atoms. The second kappa shape index (κ2) is 7.14. The van der Waals surface area contributed by atoms with E-state index in [4.69, 9.17) is 10.5 Å². The lowest BCUT2D eigenvalue weighted by molar-refractivity contribution is 0.140. The zero-order valence-corrected chi connectivity index (χ0v) is 11.4. The van der Waals surface area contributed by atoms with Gasteiger partial charge in [0.1, 0.15) is 0 Å². The van der Waals surface area contributed by atoms with Crippen LogP contribution in [-0.4, -0.2) is 31.8 Å². The van der Waals surface area contributed by atoms with E-state index in [1.807, 2.05) is 6.92 Å². The predicted molar refractivity (Wildman–Crippen MR) is 73.1 cm³/mol. The van der Waals surface area contributed by atoms with Crippen molar-refractivity contribution in [3.8, 4) is 0 Å². The molecule has 1 saturated carbocycles. The molecule has 1 aliphatic rings. The van der Waals surface area contributed by atoms with E-state index in [1.165, 1.54) is 25.7 Å². The molecule has 0 radical (unpaired) electrons. The fourth-order valence-corrected chi connectivity index (χ4v) is 2.93. The third-order valence-corrected chi connectivity index (χ3v) is 3.89. The SMILES string of the molecule is C=C(C)COCCNC1(CN)CCCC1CC. The van der Waals surface area contributed by atoms with Gasteiger partial charge in [0.25, 0.3) is 0 Å². The molecule has 100 valence electrons. The number of hydrogen-bond donors (Lipinski definition) is 2. The lowest BCUT2D eigenvalue weighted by atomic mass is 9.85. The van der Waals surface area contributed by atoms with Gasteiger partial charge in [-0.3, -0.25) is 0 Å². The summed E-state index contributed by atoms with van der Waals surface area (Å²) in [6, 6.07) is 0. The van der Waals surface area contributed by atoms with E-state index in [-0.39, 0.29) is 5.54 Å². The maximum absolute atomic E-state index is 5.98. The molecule has 3 nitrogen and oxygen atoms in total. The first-order valence-electron chi connectivity index (χ1n) is 6.82. The van der Waals surface area contributed by atoms with E-state index in [0.29, 0.717) is 6.61 Å². The highest BCUT2D eigenvalue weighted by atomic mass is 16.5. The number of rotatable bonds is 8. The van der Waals surface area contributed by atoms with Crippen LogP contribution in [-0.2, 0) is 4.74 Å². The Bertz CT molecular complexity index is 242. The fraction of sp³-hybridized carbons (Fsp3) is 0.857. The Morgan fingerprint density at radius 2 is 2.35 bits per heavy atom.